The molecule has 0 rings (SSSR count). The lowest BCUT2D eigenvalue weighted by Gasteiger charge is -2.23. The molecule has 4 heteroatoms. The van der Waals surface area contributed by atoms with Crippen LogP contribution in [-0.4, -0.2) is 23.0 Å². The summed E-state index contributed by atoms with van der Waals surface area (Å²) in [4.78, 5) is 0. The molecule has 0 aromatic heterocycles. The normalized spacial score (nSPS) is 12.0. The summed E-state index contributed by atoms with van der Waals surface area (Å²) >= 11 is 20.2. The van der Waals surface area contributed by atoms with E-state index in [1.54, 1.807) is 0 Å². The maximum atomic E-state index is 5.63. The van der Waals surface area contributed by atoms with Crippen molar-refractivity contribution in [3.8, 4) is 0 Å². The lowest BCUT2D eigenvalue weighted by Crippen LogP contribution is -2.28. The fraction of sp³-hybridized carbons (Fsp3) is 1.00. The van der Waals surface area contributed by atoms with Gasteiger partial charge in [-0.05, 0) is 0 Å². The largest absolute Gasteiger partial charge is 0.126 e. The molecule has 0 amide bonds. The average Bonchev–Trinajstić information content (AvgIpc) is 1.95. The van der Waals surface area contributed by atoms with Crippen LogP contribution < -0.4 is 0 Å². The van der Waals surface area contributed by atoms with Gasteiger partial charge in [0.25, 0.3) is 0 Å². The molecule has 0 spiro atoms. The summed E-state index contributed by atoms with van der Waals surface area (Å²) in [5.74, 6) is 1.52. The molecule has 9 heavy (non-hydrogen) atoms. The predicted molar refractivity (Wildman–Crippen MR) is 48.4 cm³/mol. The van der Waals surface area contributed by atoms with E-state index in [9.17, 15) is 0 Å². The third-order valence-electron chi connectivity index (χ3n) is 1.13. The lowest BCUT2D eigenvalue weighted by atomic mass is 10.00. The van der Waals surface area contributed by atoms with Gasteiger partial charge in [-0.15, -0.1) is 34.8 Å². The van der Waals surface area contributed by atoms with Crippen molar-refractivity contribution >= 4 is 50.7 Å². The zero-order valence-electron chi connectivity index (χ0n) is 4.84. The van der Waals surface area contributed by atoms with E-state index in [4.69, 9.17) is 34.8 Å². The second-order valence-electron chi connectivity index (χ2n) is 2.03. The fourth-order valence-electron chi connectivity index (χ4n) is 0.214. The monoisotopic (exact) mass is 252 g/mol. The smallest absolute Gasteiger partial charge is 0.0310 e. The van der Waals surface area contributed by atoms with E-state index in [0.717, 1.165) is 5.33 Å². The van der Waals surface area contributed by atoms with E-state index in [-0.39, 0.29) is 5.41 Å². The number of rotatable bonds is 4. The first-order chi connectivity index (χ1) is 4.24. The van der Waals surface area contributed by atoms with Crippen LogP contribution in [0.15, 0.2) is 0 Å². The Kier molecular flexibility index (Phi) is 5.82. The van der Waals surface area contributed by atoms with Gasteiger partial charge in [-0.1, -0.05) is 15.9 Å². The molecule has 0 fully saturated rings. The Bertz CT molecular complexity index is 55.1. The number of halogens is 4. The molecule has 0 atom stereocenters. The second-order valence-corrected chi connectivity index (χ2v) is 3.40. The number of hydrogen-bond donors (Lipinski definition) is 0. The van der Waals surface area contributed by atoms with Gasteiger partial charge in [0, 0.05) is 28.4 Å². The fourth-order valence-corrected chi connectivity index (χ4v) is 2.63. The molecule has 0 bridgehead atoms. The number of hydrogen-bond acceptors (Lipinski definition) is 0. The Morgan fingerprint density at radius 2 is 1.33 bits per heavy atom. The Labute approximate surface area is 79.0 Å². The lowest BCUT2D eigenvalue weighted by molar-refractivity contribution is 0.508. The van der Waals surface area contributed by atoms with Crippen molar-refractivity contribution in [2.24, 2.45) is 5.41 Å². The van der Waals surface area contributed by atoms with Crippen molar-refractivity contribution in [1.29, 1.82) is 0 Å². The molecule has 0 unspecified atom stereocenters. The van der Waals surface area contributed by atoms with Gasteiger partial charge >= 0.3 is 0 Å². The molecule has 0 aliphatic heterocycles. The molecular weight excluding hydrogens is 246 g/mol. The maximum absolute atomic E-state index is 5.63. The van der Waals surface area contributed by atoms with Crippen molar-refractivity contribution in [1.82, 2.24) is 0 Å². The summed E-state index contributed by atoms with van der Waals surface area (Å²) in [5, 5.41) is 0.760. The van der Waals surface area contributed by atoms with Gasteiger partial charge < -0.3 is 0 Å². The molecule has 0 aliphatic rings. The SMILES string of the molecule is ClCC(CCl)(CCl)CBr. The van der Waals surface area contributed by atoms with E-state index in [1.807, 2.05) is 0 Å². The Morgan fingerprint density at radius 1 is 1.00 bits per heavy atom. The first kappa shape index (κ1) is 10.3. The standard InChI is InChI=1S/C5H8BrCl3/c6-1-5(2-7,3-8)4-9/h1-4H2. The first-order valence-corrected chi connectivity index (χ1v) is 5.21. The van der Waals surface area contributed by atoms with E-state index >= 15 is 0 Å². The summed E-state index contributed by atoms with van der Waals surface area (Å²) in [6.45, 7) is 0. The van der Waals surface area contributed by atoms with Crippen LogP contribution in [0.3, 0.4) is 0 Å². The molecule has 0 aromatic carbocycles. The second kappa shape index (κ2) is 5.06. The van der Waals surface area contributed by atoms with E-state index in [0.29, 0.717) is 17.6 Å². The Morgan fingerprint density at radius 3 is 1.33 bits per heavy atom. The molecule has 56 valence electrons. The molecule has 0 saturated heterocycles. The summed E-state index contributed by atoms with van der Waals surface area (Å²) in [5.41, 5.74) is -0.120. The van der Waals surface area contributed by atoms with Gasteiger partial charge in [0.05, 0.1) is 0 Å². The highest BCUT2D eigenvalue weighted by Gasteiger charge is 2.25. The summed E-state index contributed by atoms with van der Waals surface area (Å²) in [6, 6.07) is 0. The molecule has 0 N–H and O–H groups in total. The summed E-state index contributed by atoms with van der Waals surface area (Å²) in [6.07, 6.45) is 0. The highest BCUT2D eigenvalue weighted by Crippen LogP contribution is 2.25. The van der Waals surface area contributed by atoms with Crippen LogP contribution >= 0.6 is 50.7 Å². The van der Waals surface area contributed by atoms with Crippen molar-refractivity contribution in [3.05, 3.63) is 0 Å². The van der Waals surface area contributed by atoms with Crippen LogP contribution in [0.4, 0.5) is 0 Å². The minimum absolute atomic E-state index is 0.120. The van der Waals surface area contributed by atoms with Gasteiger partial charge in [0.2, 0.25) is 0 Å². The van der Waals surface area contributed by atoms with Gasteiger partial charge in [-0.2, -0.15) is 0 Å². The van der Waals surface area contributed by atoms with Gasteiger partial charge in [0.15, 0.2) is 0 Å². The predicted octanol–water partition coefficient (Wildman–Crippen LogP) is 3.08. The van der Waals surface area contributed by atoms with Gasteiger partial charge in [-0.25, -0.2) is 0 Å². The van der Waals surface area contributed by atoms with Crippen LogP contribution in [0, 0.1) is 5.41 Å². The first-order valence-electron chi connectivity index (χ1n) is 2.48. The van der Waals surface area contributed by atoms with Crippen LogP contribution in [0.1, 0.15) is 0 Å². The Balaban J connectivity index is 3.82. The summed E-state index contributed by atoms with van der Waals surface area (Å²) < 4.78 is 0. The highest BCUT2D eigenvalue weighted by molar-refractivity contribution is 9.09. The van der Waals surface area contributed by atoms with E-state index < -0.39 is 0 Å². The zero-order valence-corrected chi connectivity index (χ0v) is 8.69. The molecule has 0 aromatic rings. The zero-order chi connectivity index (χ0) is 7.33. The van der Waals surface area contributed by atoms with Crippen LogP contribution in [0.5, 0.6) is 0 Å². The van der Waals surface area contributed by atoms with Crippen molar-refractivity contribution in [3.63, 3.8) is 0 Å². The maximum Gasteiger partial charge on any atom is 0.0310 e. The minimum Gasteiger partial charge on any atom is -0.126 e. The highest BCUT2D eigenvalue weighted by atomic mass is 79.9. The molecule has 0 heterocycles. The quantitative estimate of drug-likeness (QED) is 0.676. The molecule has 0 nitrogen and oxygen atoms in total. The summed E-state index contributed by atoms with van der Waals surface area (Å²) in [7, 11) is 0. The number of alkyl halides is 4. The van der Waals surface area contributed by atoms with Crippen molar-refractivity contribution in [2.45, 2.75) is 0 Å². The van der Waals surface area contributed by atoms with Crippen molar-refractivity contribution in [2.75, 3.05) is 23.0 Å². The van der Waals surface area contributed by atoms with Crippen LogP contribution in [-0.2, 0) is 0 Å². The molecular formula is C5H8BrCl3. The minimum atomic E-state index is -0.120. The van der Waals surface area contributed by atoms with Crippen LogP contribution in [0.2, 0.25) is 0 Å². The van der Waals surface area contributed by atoms with E-state index in [2.05, 4.69) is 15.9 Å². The van der Waals surface area contributed by atoms with Crippen LogP contribution in [0.25, 0.3) is 0 Å². The topological polar surface area (TPSA) is 0 Å². The average molecular weight is 254 g/mol. The van der Waals surface area contributed by atoms with Crippen molar-refractivity contribution < 1.29 is 0 Å². The van der Waals surface area contributed by atoms with Gasteiger partial charge in [-0.3, -0.25) is 0 Å². The molecule has 0 radical (unpaired) electrons. The third kappa shape index (κ3) is 2.83. The Hall–Kier alpha value is 1.35. The third-order valence-corrected chi connectivity index (χ3v) is 4.02. The molecule has 0 saturated carbocycles. The van der Waals surface area contributed by atoms with E-state index in [1.165, 1.54) is 0 Å². The van der Waals surface area contributed by atoms with Gasteiger partial charge in [0.1, 0.15) is 0 Å². The molecule has 0 aliphatic carbocycles.